The highest BCUT2D eigenvalue weighted by Crippen LogP contribution is 2.74. The van der Waals surface area contributed by atoms with Gasteiger partial charge < -0.3 is 14.6 Å². The van der Waals surface area contributed by atoms with Crippen molar-refractivity contribution in [1.29, 1.82) is 0 Å². The SMILES string of the molecule is CC1(C)COC2(CCC3=C4C(c5ccc(-c6ccc(S(C)(=O)=O)cc6)cc5)CC5(C)C(CC[C@@]5(C)C(F)(F)C(C)(F)F)C4CC[C@@]3(O)C2)OC1. The molecular formula is C40H50F4O5S. The first kappa shape index (κ1) is 36.1. The molecule has 0 radical (unpaired) electrons. The maximum Gasteiger partial charge on any atom is 0.315 e. The highest BCUT2D eigenvalue weighted by molar-refractivity contribution is 7.90. The molecule has 10 heteroatoms. The predicted octanol–water partition coefficient (Wildman–Crippen LogP) is 9.35. The lowest BCUT2D eigenvalue weighted by Crippen LogP contribution is -2.60. The average Bonchev–Trinajstić information content (AvgIpc) is 3.32. The van der Waals surface area contributed by atoms with Crippen LogP contribution in [-0.2, 0) is 19.3 Å². The third-order valence-corrected chi connectivity index (χ3v) is 14.8. The molecule has 0 amide bonds. The molecule has 50 heavy (non-hydrogen) atoms. The minimum atomic E-state index is -4.21. The van der Waals surface area contributed by atoms with E-state index in [-0.39, 0.29) is 40.9 Å². The Labute approximate surface area is 293 Å². The topological polar surface area (TPSA) is 72.8 Å². The van der Waals surface area contributed by atoms with Crippen LogP contribution in [0, 0.1) is 28.1 Å². The monoisotopic (exact) mass is 718 g/mol. The van der Waals surface area contributed by atoms with Gasteiger partial charge in [0.2, 0.25) is 0 Å². The molecule has 1 saturated heterocycles. The van der Waals surface area contributed by atoms with Crippen molar-refractivity contribution in [2.45, 2.75) is 120 Å². The van der Waals surface area contributed by atoms with Crippen molar-refractivity contribution in [1.82, 2.24) is 0 Å². The number of halogens is 4. The molecule has 1 N–H and O–H groups in total. The standard InChI is InChI=1S/C40H50F4O5S/c1-34(2)23-48-39(49-24-34)20-17-32-33-29(15-19-38(32,45)22-39)31-16-18-36(4,40(43,44)37(5,41)42)35(31,3)21-30(33)27-9-7-25(8-10-27)26-11-13-28(14-12-26)50(6,46)47/h7-14,29-31,45H,15-24H2,1-6H3/t29?,30?,31?,35?,36-,38-/m1/s1. The lowest BCUT2D eigenvalue weighted by atomic mass is 9.47. The lowest BCUT2D eigenvalue weighted by molar-refractivity contribution is -0.322. The second-order valence-electron chi connectivity index (χ2n) is 17.5. The van der Waals surface area contributed by atoms with Gasteiger partial charge in [-0.15, -0.1) is 0 Å². The van der Waals surface area contributed by atoms with E-state index >= 15 is 8.78 Å². The summed E-state index contributed by atoms with van der Waals surface area (Å²) in [5, 5.41) is 12.5. The van der Waals surface area contributed by atoms with E-state index in [1.54, 1.807) is 24.3 Å². The van der Waals surface area contributed by atoms with Gasteiger partial charge in [0, 0.05) is 42.8 Å². The molecule has 6 atom stereocenters. The van der Waals surface area contributed by atoms with Gasteiger partial charge in [0.05, 0.1) is 23.7 Å². The maximum absolute atomic E-state index is 16.1. The van der Waals surface area contributed by atoms with E-state index in [0.717, 1.165) is 34.1 Å². The van der Waals surface area contributed by atoms with E-state index in [1.807, 2.05) is 31.2 Å². The molecular weight excluding hydrogens is 668 g/mol. The van der Waals surface area contributed by atoms with Crippen molar-refractivity contribution in [2.24, 2.45) is 28.1 Å². The van der Waals surface area contributed by atoms with Crippen LogP contribution in [0.4, 0.5) is 17.6 Å². The molecule has 1 heterocycles. The Kier molecular flexibility index (Phi) is 8.21. The molecule has 274 valence electrons. The molecule has 3 saturated carbocycles. The highest BCUT2D eigenvalue weighted by atomic mass is 32.2. The van der Waals surface area contributed by atoms with Crippen LogP contribution in [0.2, 0.25) is 0 Å². The van der Waals surface area contributed by atoms with Crippen molar-refractivity contribution in [3.8, 4) is 11.1 Å². The molecule has 2 aromatic carbocycles. The number of rotatable bonds is 5. The number of sulfone groups is 1. The molecule has 5 aliphatic rings. The van der Waals surface area contributed by atoms with E-state index < -0.39 is 43.9 Å². The summed E-state index contributed by atoms with van der Waals surface area (Å²) in [5.41, 5.74) is 0.290. The first-order valence-electron chi connectivity index (χ1n) is 17.9. The fraction of sp³-hybridized carbons (Fsp3) is 0.650. The number of hydrogen-bond acceptors (Lipinski definition) is 5. The Hall–Kier alpha value is -2.27. The first-order valence-corrected chi connectivity index (χ1v) is 19.8. The largest absolute Gasteiger partial charge is 0.385 e. The summed E-state index contributed by atoms with van der Waals surface area (Å²) < 4.78 is 98.4. The van der Waals surface area contributed by atoms with Crippen LogP contribution in [0.5, 0.6) is 0 Å². The summed E-state index contributed by atoms with van der Waals surface area (Å²) in [6.07, 6.45) is 4.30. The molecule has 7 rings (SSSR count). The molecule has 1 spiro atoms. The van der Waals surface area contributed by atoms with Gasteiger partial charge in [-0.1, -0.05) is 69.7 Å². The summed E-state index contributed by atoms with van der Waals surface area (Å²) in [5.74, 6) is -9.98. The number of alkyl halides is 4. The predicted molar refractivity (Wildman–Crippen MR) is 184 cm³/mol. The average molecular weight is 719 g/mol. The molecule has 0 bridgehead atoms. The van der Waals surface area contributed by atoms with Crippen LogP contribution in [0.3, 0.4) is 0 Å². The van der Waals surface area contributed by atoms with Crippen LogP contribution in [0.15, 0.2) is 64.6 Å². The Morgan fingerprint density at radius 1 is 0.840 bits per heavy atom. The molecule has 5 nitrogen and oxygen atoms in total. The van der Waals surface area contributed by atoms with Crippen LogP contribution in [0.25, 0.3) is 11.1 Å². The minimum absolute atomic E-state index is 0.00366. The number of fused-ring (bicyclic) bond motifs is 4. The molecule has 4 aliphatic carbocycles. The van der Waals surface area contributed by atoms with Crippen LogP contribution in [-0.4, -0.2) is 56.2 Å². The summed E-state index contributed by atoms with van der Waals surface area (Å²) in [4.78, 5) is 0.225. The van der Waals surface area contributed by atoms with E-state index in [0.29, 0.717) is 58.7 Å². The summed E-state index contributed by atoms with van der Waals surface area (Å²) in [6, 6.07) is 14.5. The quantitative estimate of drug-likeness (QED) is 0.247. The fourth-order valence-corrected chi connectivity index (χ4v) is 11.2. The Morgan fingerprint density at radius 3 is 1.98 bits per heavy atom. The van der Waals surface area contributed by atoms with E-state index in [1.165, 1.54) is 6.92 Å². The third kappa shape index (κ3) is 5.44. The minimum Gasteiger partial charge on any atom is -0.385 e. The van der Waals surface area contributed by atoms with Gasteiger partial charge in [0.25, 0.3) is 0 Å². The van der Waals surface area contributed by atoms with Gasteiger partial charge in [0.1, 0.15) is 0 Å². The zero-order chi connectivity index (χ0) is 36.3. The third-order valence-electron chi connectivity index (χ3n) is 13.6. The molecule has 2 aromatic rings. The summed E-state index contributed by atoms with van der Waals surface area (Å²) in [7, 11) is -3.35. The molecule has 1 aliphatic heterocycles. The van der Waals surface area contributed by atoms with E-state index in [4.69, 9.17) is 9.47 Å². The number of hydrogen-bond donors (Lipinski definition) is 1. The molecule has 4 unspecified atom stereocenters. The van der Waals surface area contributed by atoms with Gasteiger partial charge in [-0.2, -0.15) is 8.78 Å². The zero-order valence-electron chi connectivity index (χ0n) is 29.9. The Bertz CT molecular complexity index is 1790. The van der Waals surface area contributed by atoms with Crippen LogP contribution < -0.4 is 0 Å². The molecule has 4 fully saturated rings. The molecule has 0 aromatic heterocycles. The Balaban J connectivity index is 1.31. The second kappa shape index (κ2) is 11.4. The summed E-state index contributed by atoms with van der Waals surface area (Å²) >= 11 is 0. The maximum atomic E-state index is 16.1. The number of ether oxygens (including phenoxy) is 2. The lowest BCUT2D eigenvalue weighted by Gasteiger charge is -2.60. The Morgan fingerprint density at radius 2 is 1.42 bits per heavy atom. The van der Waals surface area contributed by atoms with E-state index in [2.05, 4.69) is 13.8 Å². The van der Waals surface area contributed by atoms with Crippen molar-refractivity contribution in [3.05, 3.63) is 65.2 Å². The van der Waals surface area contributed by atoms with Crippen molar-refractivity contribution < 1.29 is 40.6 Å². The highest BCUT2D eigenvalue weighted by Gasteiger charge is 2.75. The van der Waals surface area contributed by atoms with Gasteiger partial charge in [0.15, 0.2) is 15.6 Å². The van der Waals surface area contributed by atoms with Crippen LogP contribution >= 0.6 is 0 Å². The van der Waals surface area contributed by atoms with Gasteiger partial charge in [-0.25, -0.2) is 17.2 Å². The number of aliphatic hydroxyl groups is 1. The summed E-state index contributed by atoms with van der Waals surface area (Å²) in [6.45, 7) is 8.77. The van der Waals surface area contributed by atoms with Crippen molar-refractivity contribution in [3.63, 3.8) is 0 Å². The zero-order valence-corrected chi connectivity index (χ0v) is 30.7. The number of allylic oxidation sites excluding steroid dienone is 1. The number of benzene rings is 2. The van der Waals surface area contributed by atoms with Gasteiger partial charge >= 0.3 is 11.8 Å². The van der Waals surface area contributed by atoms with Crippen molar-refractivity contribution in [2.75, 3.05) is 19.5 Å². The second-order valence-corrected chi connectivity index (χ2v) is 19.5. The normalized spacial score (nSPS) is 35.4. The smallest absolute Gasteiger partial charge is 0.315 e. The van der Waals surface area contributed by atoms with E-state index in [9.17, 15) is 22.3 Å². The van der Waals surface area contributed by atoms with Crippen LogP contribution in [0.1, 0.15) is 97.5 Å². The van der Waals surface area contributed by atoms with Gasteiger partial charge in [-0.3, -0.25) is 0 Å². The fourth-order valence-electron chi connectivity index (χ4n) is 10.6. The van der Waals surface area contributed by atoms with Crippen molar-refractivity contribution >= 4 is 9.84 Å². The van der Waals surface area contributed by atoms with Gasteiger partial charge in [-0.05, 0) is 90.2 Å². The first-order chi connectivity index (χ1) is 23.1.